The van der Waals surface area contributed by atoms with E-state index in [0.29, 0.717) is 5.75 Å². The summed E-state index contributed by atoms with van der Waals surface area (Å²) in [6.07, 6.45) is 0. The molecule has 1 amide bonds. The number of nitrogens with one attached hydrogen (secondary N) is 3. The average molecular weight is 344 g/mol. The van der Waals surface area contributed by atoms with Crippen molar-refractivity contribution in [2.75, 3.05) is 25.3 Å². The van der Waals surface area contributed by atoms with Crippen LogP contribution in [0.2, 0.25) is 0 Å². The van der Waals surface area contributed by atoms with E-state index >= 15 is 0 Å². The summed E-state index contributed by atoms with van der Waals surface area (Å²) in [5.74, 6) is 1.76. The van der Waals surface area contributed by atoms with Gasteiger partial charge in [0, 0.05) is 11.8 Å². The first-order chi connectivity index (χ1) is 11.7. The Morgan fingerprint density at radius 1 is 1.12 bits per heavy atom. The van der Waals surface area contributed by atoms with Gasteiger partial charge in [0.2, 0.25) is 5.91 Å². The lowest BCUT2D eigenvalue weighted by molar-refractivity contribution is -0.396. The molecule has 0 saturated carbocycles. The number of ether oxygens (including phenoxy) is 2. The Bertz CT molecular complexity index is 846. The van der Waals surface area contributed by atoms with Crippen LogP contribution in [0.25, 0.3) is 11.0 Å². The van der Waals surface area contributed by atoms with Crippen molar-refractivity contribution in [1.29, 1.82) is 0 Å². The number of H-pyrrole nitrogens is 2. The van der Waals surface area contributed by atoms with Gasteiger partial charge in [0.05, 0.1) is 20.0 Å². The number of aromatic amines is 2. The number of aromatic nitrogens is 2. The lowest BCUT2D eigenvalue weighted by Gasteiger charge is -2.04. The molecule has 0 saturated heterocycles. The predicted octanol–water partition coefficient (Wildman–Crippen LogP) is 2.73. The Labute approximate surface area is 143 Å². The number of carbonyl (C=O) groups is 1. The third-order valence-electron chi connectivity index (χ3n) is 3.44. The summed E-state index contributed by atoms with van der Waals surface area (Å²) in [5.41, 5.74) is 2.65. The van der Waals surface area contributed by atoms with E-state index in [9.17, 15) is 4.79 Å². The number of fused-ring (bicyclic) bond motifs is 1. The smallest absolute Gasteiger partial charge is 0.315 e. The molecule has 6 nitrogen and oxygen atoms in total. The lowest BCUT2D eigenvalue weighted by atomic mass is 10.3. The van der Waals surface area contributed by atoms with Crippen LogP contribution >= 0.6 is 11.8 Å². The Hall–Kier alpha value is -2.67. The highest BCUT2D eigenvalue weighted by atomic mass is 32.2. The molecular weight excluding hydrogens is 326 g/mol. The highest BCUT2D eigenvalue weighted by Crippen LogP contribution is 2.20. The van der Waals surface area contributed by atoms with Crippen molar-refractivity contribution >= 4 is 34.4 Å². The third kappa shape index (κ3) is 3.80. The largest absolute Gasteiger partial charge is 0.497 e. The van der Waals surface area contributed by atoms with Gasteiger partial charge in [-0.05, 0) is 48.2 Å². The van der Waals surface area contributed by atoms with E-state index < -0.39 is 0 Å². The third-order valence-corrected chi connectivity index (χ3v) is 4.34. The number of anilines is 1. The fraction of sp³-hybridized carbons (Fsp3) is 0.176. The van der Waals surface area contributed by atoms with E-state index in [0.717, 1.165) is 33.4 Å². The number of carbonyl (C=O) groups excluding carboxylic acids is 1. The van der Waals surface area contributed by atoms with Gasteiger partial charge in [0.25, 0.3) is 0 Å². The van der Waals surface area contributed by atoms with Crippen LogP contribution in [0.4, 0.5) is 5.69 Å². The van der Waals surface area contributed by atoms with Crippen molar-refractivity contribution < 1.29 is 19.3 Å². The SMILES string of the molecule is COc1ccc(NC(=O)CSc2[nH]c3cc(OC)ccc3[nH+]2)cc1. The number of amides is 1. The number of hydrogen-bond acceptors (Lipinski definition) is 4. The van der Waals surface area contributed by atoms with Gasteiger partial charge in [-0.25, -0.2) is 9.97 Å². The van der Waals surface area contributed by atoms with Crippen molar-refractivity contribution in [3.8, 4) is 11.5 Å². The van der Waals surface area contributed by atoms with Gasteiger partial charge in [0.15, 0.2) is 11.0 Å². The van der Waals surface area contributed by atoms with Gasteiger partial charge in [-0.1, -0.05) is 0 Å². The van der Waals surface area contributed by atoms with Crippen molar-refractivity contribution in [3.63, 3.8) is 0 Å². The molecule has 0 aliphatic rings. The van der Waals surface area contributed by atoms with E-state index in [2.05, 4.69) is 15.3 Å². The minimum atomic E-state index is -0.0743. The number of imidazole rings is 1. The molecule has 0 spiro atoms. The van der Waals surface area contributed by atoms with Crippen molar-refractivity contribution in [3.05, 3.63) is 42.5 Å². The summed E-state index contributed by atoms with van der Waals surface area (Å²) in [4.78, 5) is 18.5. The summed E-state index contributed by atoms with van der Waals surface area (Å²) in [6, 6.07) is 13.0. The van der Waals surface area contributed by atoms with Crippen LogP contribution in [0.15, 0.2) is 47.6 Å². The minimum absolute atomic E-state index is 0.0743. The molecular formula is C17H18N3O3S+. The fourth-order valence-electron chi connectivity index (χ4n) is 2.22. The molecule has 0 fully saturated rings. The molecule has 124 valence electrons. The van der Waals surface area contributed by atoms with Crippen molar-refractivity contribution in [2.24, 2.45) is 0 Å². The zero-order valence-electron chi connectivity index (χ0n) is 13.4. The second-order valence-corrected chi connectivity index (χ2v) is 6.04. The molecule has 0 bridgehead atoms. The molecule has 1 heterocycles. The zero-order chi connectivity index (χ0) is 16.9. The summed E-state index contributed by atoms with van der Waals surface area (Å²) in [6.45, 7) is 0. The lowest BCUT2D eigenvalue weighted by Crippen LogP contribution is -2.15. The molecule has 1 aromatic heterocycles. The number of benzene rings is 2. The van der Waals surface area contributed by atoms with E-state index in [1.807, 2.05) is 42.5 Å². The summed E-state index contributed by atoms with van der Waals surface area (Å²) in [7, 11) is 3.24. The zero-order valence-corrected chi connectivity index (χ0v) is 14.2. The predicted molar refractivity (Wildman–Crippen MR) is 93.8 cm³/mol. The monoisotopic (exact) mass is 344 g/mol. The highest BCUT2D eigenvalue weighted by Gasteiger charge is 2.13. The van der Waals surface area contributed by atoms with Gasteiger partial charge in [0.1, 0.15) is 11.5 Å². The Morgan fingerprint density at radius 2 is 1.83 bits per heavy atom. The van der Waals surface area contributed by atoms with Gasteiger partial charge in [-0.2, -0.15) is 0 Å². The number of methoxy groups -OCH3 is 2. The van der Waals surface area contributed by atoms with Crippen LogP contribution in [0, 0.1) is 0 Å². The second-order valence-electron chi connectivity index (χ2n) is 5.06. The molecule has 0 atom stereocenters. The van der Waals surface area contributed by atoms with Crippen molar-refractivity contribution in [2.45, 2.75) is 5.16 Å². The number of rotatable bonds is 6. The fourth-order valence-corrected chi connectivity index (χ4v) is 2.93. The Kier molecular flexibility index (Phi) is 4.90. The molecule has 0 aliphatic carbocycles. The van der Waals surface area contributed by atoms with Crippen LogP contribution in [-0.4, -0.2) is 30.9 Å². The first-order valence-electron chi connectivity index (χ1n) is 7.33. The summed E-state index contributed by atoms with van der Waals surface area (Å²) in [5, 5.41) is 3.67. The van der Waals surface area contributed by atoms with E-state index in [1.165, 1.54) is 11.8 Å². The molecule has 24 heavy (non-hydrogen) atoms. The maximum Gasteiger partial charge on any atom is 0.315 e. The van der Waals surface area contributed by atoms with E-state index in [1.54, 1.807) is 14.2 Å². The Morgan fingerprint density at radius 3 is 2.54 bits per heavy atom. The molecule has 0 unspecified atom stereocenters. The summed E-state index contributed by atoms with van der Waals surface area (Å²) < 4.78 is 10.3. The van der Waals surface area contributed by atoms with Crippen LogP contribution in [0.1, 0.15) is 0 Å². The van der Waals surface area contributed by atoms with Crippen molar-refractivity contribution in [1.82, 2.24) is 4.98 Å². The minimum Gasteiger partial charge on any atom is -0.497 e. The van der Waals surface area contributed by atoms with Gasteiger partial charge in [-0.3, -0.25) is 4.79 Å². The molecule has 7 heteroatoms. The molecule has 3 aromatic rings. The molecule has 0 aliphatic heterocycles. The van der Waals surface area contributed by atoms with Crippen LogP contribution < -0.4 is 19.8 Å². The summed E-state index contributed by atoms with van der Waals surface area (Å²) >= 11 is 1.41. The van der Waals surface area contributed by atoms with E-state index in [4.69, 9.17) is 9.47 Å². The van der Waals surface area contributed by atoms with Gasteiger partial charge in [-0.15, -0.1) is 0 Å². The molecule has 3 N–H and O–H groups in total. The van der Waals surface area contributed by atoms with Gasteiger partial charge >= 0.3 is 5.16 Å². The quantitative estimate of drug-likeness (QED) is 0.674. The number of thioether (sulfide) groups is 1. The first-order valence-corrected chi connectivity index (χ1v) is 8.32. The van der Waals surface area contributed by atoms with Crippen LogP contribution in [0.5, 0.6) is 11.5 Å². The maximum absolute atomic E-state index is 12.0. The molecule has 2 aromatic carbocycles. The average Bonchev–Trinajstić information content (AvgIpc) is 3.02. The van der Waals surface area contributed by atoms with Crippen LogP contribution in [-0.2, 0) is 4.79 Å². The molecule has 0 radical (unpaired) electrons. The first kappa shape index (κ1) is 16.2. The standard InChI is InChI=1S/C17H17N3O3S/c1-22-12-5-3-11(4-6-12)18-16(21)10-24-17-19-14-8-7-13(23-2)9-15(14)20-17/h3-9H,10H2,1-2H3,(H,18,21)(H,19,20)/p+1. The van der Waals surface area contributed by atoms with E-state index in [-0.39, 0.29) is 5.91 Å². The Balaban J connectivity index is 1.59. The molecule has 3 rings (SSSR count). The second kappa shape index (κ2) is 7.27. The van der Waals surface area contributed by atoms with Crippen LogP contribution in [0.3, 0.4) is 0 Å². The highest BCUT2D eigenvalue weighted by molar-refractivity contribution is 7.99. The van der Waals surface area contributed by atoms with Gasteiger partial charge < -0.3 is 14.8 Å². The normalized spacial score (nSPS) is 10.6. The maximum atomic E-state index is 12.0. The topological polar surface area (TPSA) is 77.5 Å². The number of hydrogen-bond donors (Lipinski definition) is 2.